The highest BCUT2D eigenvalue weighted by Crippen LogP contribution is 2.15. The highest BCUT2D eigenvalue weighted by atomic mass is 79.9. The third kappa shape index (κ3) is 13.4. The van der Waals surface area contributed by atoms with E-state index in [2.05, 4.69) is 39.6 Å². The molecule has 0 aliphatic heterocycles. The average Bonchev–Trinajstić information content (AvgIpc) is 2.88. The molecule has 0 bridgehead atoms. The third-order valence-corrected chi connectivity index (χ3v) is 7.35. The monoisotopic (exact) mass is 545 g/mol. The van der Waals surface area contributed by atoms with E-state index in [0.29, 0.717) is 17.7 Å². The molecule has 0 aliphatic rings. The number of aromatic nitrogens is 1. The molecule has 0 spiro atoms. The van der Waals surface area contributed by atoms with E-state index < -0.39 is 0 Å². The standard InChI is InChI=1S/C31H48BrNO2/c1-2-3-4-5-6-7-8-9-10-11-12-13-14-15-16-20-23-35-31-27-33(29(25-32)24-30(31)34)26-28-21-18-17-19-22-28/h17-19,21-22,24,27H,2-16,20,23,25-26H2,1H3. The molecule has 4 heteroatoms. The first-order chi connectivity index (χ1) is 17.2. The smallest absolute Gasteiger partial charge is 0.223 e. The normalized spacial score (nSPS) is 11.1. The molecule has 0 atom stereocenters. The van der Waals surface area contributed by atoms with Crippen LogP contribution in [0.3, 0.4) is 0 Å². The first-order valence-electron chi connectivity index (χ1n) is 14.2. The Hall–Kier alpha value is -1.55. The predicted molar refractivity (Wildman–Crippen MR) is 154 cm³/mol. The zero-order chi connectivity index (χ0) is 25.0. The minimum atomic E-state index is -0.0275. The molecule has 0 saturated heterocycles. The van der Waals surface area contributed by atoms with Gasteiger partial charge in [0, 0.05) is 23.6 Å². The molecule has 0 amide bonds. The Morgan fingerprint density at radius 2 is 1.26 bits per heavy atom. The van der Waals surface area contributed by atoms with Crippen LogP contribution in [0.15, 0.2) is 47.4 Å². The molecule has 0 radical (unpaired) electrons. The van der Waals surface area contributed by atoms with Crippen molar-refractivity contribution in [1.29, 1.82) is 0 Å². The number of benzene rings is 1. The summed E-state index contributed by atoms with van der Waals surface area (Å²) in [7, 11) is 0. The fourth-order valence-electron chi connectivity index (χ4n) is 4.58. The van der Waals surface area contributed by atoms with Gasteiger partial charge in [-0.15, -0.1) is 0 Å². The van der Waals surface area contributed by atoms with E-state index in [-0.39, 0.29) is 5.43 Å². The van der Waals surface area contributed by atoms with Crippen molar-refractivity contribution in [2.75, 3.05) is 6.61 Å². The zero-order valence-electron chi connectivity index (χ0n) is 22.1. The van der Waals surface area contributed by atoms with Crippen LogP contribution in [0.1, 0.15) is 121 Å². The van der Waals surface area contributed by atoms with E-state index in [1.165, 1.54) is 102 Å². The summed E-state index contributed by atoms with van der Waals surface area (Å²) >= 11 is 3.51. The van der Waals surface area contributed by atoms with Crippen LogP contribution in [0.4, 0.5) is 0 Å². The van der Waals surface area contributed by atoms with Gasteiger partial charge in [-0.25, -0.2) is 0 Å². The second-order valence-corrected chi connectivity index (χ2v) is 10.5. The van der Waals surface area contributed by atoms with Crippen molar-refractivity contribution in [3.05, 3.63) is 64.1 Å². The van der Waals surface area contributed by atoms with Crippen LogP contribution in [-0.4, -0.2) is 11.2 Å². The number of halogens is 1. The highest BCUT2D eigenvalue weighted by molar-refractivity contribution is 9.08. The summed E-state index contributed by atoms with van der Waals surface area (Å²) in [6.07, 6.45) is 23.6. The summed E-state index contributed by atoms with van der Waals surface area (Å²) in [4.78, 5) is 12.4. The van der Waals surface area contributed by atoms with Gasteiger partial charge in [-0.2, -0.15) is 0 Å². The Kier molecular flexibility index (Phi) is 16.6. The molecule has 196 valence electrons. The molecule has 0 unspecified atom stereocenters. The summed E-state index contributed by atoms with van der Waals surface area (Å²) in [6.45, 7) is 3.64. The van der Waals surface area contributed by atoms with Gasteiger partial charge in [0.25, 0.3) is 0 Å². The topological polar surface area (TPSA) is 31.2 Å². The van der Waals surface area contributed by atoms with Crippen molar-refractivity contribution in [2.45, 2.75) is 122 Å². The van der Waals surface area contributed by atoms with Crippen LogP contribution >= 0.6 is 15.9 Å². The van der Waals surface area contributed by atoms with Crippen LogP contribution in [0.2, 0.25) is 0 Å². The van der Waals surface area contributed by atoms with Crippen molar-refractivity contribution in [3.63, 3.8) is 0 Å². The Labute approximate surface area is 222 Å². The number of nitrogens with zero attached hydrogens (tertiary/aromatic N) is 1. The van der Waals surface area contributed by atoms with Crippen LogP contribution in [0, 0.1) is 0 Å². The fourth-order valence-corrected chi connectivity index (χ4v) is 5.06. The van der Waals surface area contributed by atoms with Crippen LogP contribution in [0.25, 0.3) is 0 Å². The van der Waals surface area contributed by atoms with Crippen molar-refractivity contribution in [2.24, 2.45) is 0 Å². The van der Waals surface area contributed by atoms with E-state index in [1.807, 2.05) is 24.4 Å². The minimum Gasteiger partial charge on any atom is -0.488 e. The Balaban J connectivity index is 1.51. The molecular formula is C31H48BrNO2. The van der Waals surface area contributed by atoms with E-state index in [4.69, 9.17) is 4.74 Å². The molecule has 2 aromatic rings. The zero-order valence-corrected chi connectivity index (χ0v) is 23.7. The summed E-state index contributed by atoms with van der Waals surface area (Å²) in [5, 5.41) is 0.647. The van der Waals surface area contributed by atoms with Gasteiger partial charge in [0.15, 0.2) is 5.75 Å². The van der Waals surface area contributed by atoms with Gasteiger partial charge in [-0.05, 0) is 12.0 Å². The van der Waals surface area contributed by atoms with Gasteiger partial charge in [-0.3, -0.25) is 4.79 Å². The lowest BCUT2D eigenvalue weighted by Gasteiger charge is -2.14. The molecular weight excluding hydrogens is 498 g/mol. The largest absolute Gasteiger partial charge is 0.488 e. The molecule has 1 aromatic carbocycles. The lowest BCUT2D eigenvalue weighted by atomic mass is 10.0. The second kappa shape index (κ2) is 19.6. The van der Waals surface area contributed by atoms with Gasteiger partial charge < -0.3 is 9.30 Å². The van der Waals surface area contributed by atoms with E-state index in [0.717, 1.165) is 18.7 Å². The number of hydrogen-bond donors (Lipinski definition) is 0. The number of unbranched alkanes of at least 4 members (excludes halogenated alkanes) is 15. The Morgan fingerprint density at radius 3 is 1.77 bits per heavy atom. The molecule has 0 N–H and O–H groups in total. The molecule has 1 aromatic heterocycles. The summed E-state index contributed by atoms with van der Waals surface area (Å²) < 4.78 is 7.99. The van der Waals surface area contributed by atoms with Gasteiger partial charge in [0.1, 0.15) is 0 Å². The van der Waals surface area contributed by atoms with Crippen molar-refractivity contribution in [1.82, 2.24) is 4.57 Å². The second-order valence-electron chi connectivity index (χ2n) is 9.89. The lowest BCUT2D eigenvalue weighted by molar-refractivity contribution is 0.298. The number of pyridine rings is 1. The van der Waals surface area contributed by atoms with Gasteiger partial charge in [0.2, 0.25) is 5.43 Å². The van der Waals surface area contributed by atoms with Gasteiger partial charge in [0.05, 0.1) is 12.8 Å². The predicted octanol–water partition coefficient (Wildman–Crippen LogP) is 9.43. The molecule has 3 nitrogen and oxygen atoms in total. The lowest BCUT2D eigenvalue weighted by Crippen LogP contribution is -2.16. The van der Waals surface area contributed by atoms with Crippen molar-refractivity contribution < 1.29 is 4.74 Å². The number of hydrogen-bond acceptors (Lipinski definition) is 2. The molecule has 0 aliphatic carbocycles. The average molecular weight is 547 g/mol. The molecule has 35 heavy (non-hydrogen) atoms. The van der Waals surface area contributed by atoms with E-state index >= 15 is 0 Å². The summed E-state index contributed by atoms with van der Waals surface area (Å²) in [6, 6.07) is 12.0. The molecule has 2 rings (SSSR count). The van der Waals surface area contributed by atoms with Crippen LogP contribution < -0.4 is 10.2 Å². The third-order valence-electron chi connectivity index (χ3n) is 6.77. The molecule has 0 saturated carbocycles. The molecule has 1 heterocycles. The first kappa shape index (κ1) is 29.7. The van der Waals surface area contributed by atoms with Crippen molar-refractivity contribution in [3.8, 4) is 5.75 Å². The first-order valence-corrected chi connectivity index (χ1v) is 15.3. The molecule has 0 fully saturated rings. The summed E-state index contributed by atoms with van der Waals surface area (Å²) in [5.74, 6) is 0.464. The van der Waals surface area contributed by atoms with Gasteiger partial charge in [-0.1, -0.05) is 149 Å². The maximum Gasteiger partial charge on any atom is 0.223 e. The number of ether oxygens (including phenoxy) is 1. The highest BCUT2D eigenvalue weighted by Gasteiger charge is 2.08. The van der Waals surface area contributed by atoms with Gasteiger partial charge >= 0.3 is 0 Å². The van der Waals surface area contributed by atoms with Crippen LogP contribution in [-0.2, 0) is 11.9 Å². The summed E-state index contributed by atoms with van der Waals surface area (Å²) in [5.41, 5.74) is 2.15. The minimum absolute atomic E-state index is 0.0275. The van der Waals surface area contributed by atoms with Crippen LogP contribution in [0.5, 0.6) is 5.75 Å². The Bertz CT molecular complexity index is 834. The maximum absolute atomic E-state index is 12.4. The SMILES string of the molecule is CCCCCCCCCCCCCCCCCCOc1cn(Cc2ccccc2)c(CBr)cc1=O. The quantitative estimate of drug-likeness (QED) is 0.115. The maximum atomic E-state index is 12.4. The van der Waals surface area contributed by atoms with E-state index in [1.54, 1.807) is 6.07 Å². The van der Waals surface area contributed by atoms with Crippen molar-refractivity contribution >= 4 is 15.9 Å². The Morgan fingerprint density at radius 1 is 0.743 bits per heavy atom. The van der Waals surface area contributed by atoms with E-state index in [9.17, 15) is 4.79 Å². The number of alkyl halides is 1. The fraction of sp³-hybridized carbons (Fsp3) is 0.645. The number of rotatable bonds is 21.